The summed E-state index contributed by atoms with van der Waals surface area (Å²) >= 11 is 1.37. The van der Waals surface area contributed by atoms with Gasteiger partial charge < -0.3 is 15.4 Å². The van der Waals surface area contributed by atoms with Gasteiger partial charge in [-0.2, -0.15) is 4.37 Å². The van der Waals surface area contributed by atoms with Crippen LogP contribution in [0, 0.1) is 0 Å². The molecule has 0 aliphatic carbocycles. The van der Waals surface area contributed by atoms with Gasteiger partial charge in [0.25, 0.3) is 5.91 Å². The molecular weight excluding hydrogens is 336 g/mol. The zero-order chi connectivity index (χ0) is 18.2. The molecule has 7 heteroatoms. The van der Waals surface area contributed by atoms with Gasteiger partial charge in [0.05, 0.1) is 11.7 Å². The summed E-state index contributed by atoms with van der Waals surface area (Å²) in [5.74, 6) is 1.47. The number of anilines is 2. The molecule has 1 aromatic carbocycles. The van der Waals surface area contributed by atoms with Gasteiger partial charge in [0.15, 0.2) is 6.10 Å². The molecule has 1 amide bonds. The number of benzene rings is 1. The van der Waals surface area contributed by atoms with Crippen LogP contribution >= 0.6 is 11.5 Å². The molecule has 1 aromatic heterocycles. The van der Waals surface area contributed by atoms with Gasteiger partial charge in [-0.25, -0.2) is 4.98 Å². The van der Waals surface area contributed by atoms with Crippen LogP contribution in [0.5, 0.6) is 5.75 Å². The zero-order valence-electron chi connectivity index (χ0n) is 15.2. The van der Waals surface area contributed by atoms with Crippen LogP contribution in [0.1, 0.15) is 58.5 Å². The Morgan fingerprint density at radius 1 is 1.40 bits per heavy atom. The van der Waals surface area contributed by atoms with Gasteiger partial charge in [0.2, 0.25) is 5.13 Å². The molecule has 2 aromatic rings. The fraction of sp³-hybridized carbons (Fsp3) is 0.500. The van der Waals surface area contributed by atoms with Gasteiger partial charge in [-0.05, 0) is 31.0 Å². The molecular formula is C18H24N4O2S. The molecule has 2 atom stereocenters. The van der Waals surface area contributed by atoms with E-state index in [4.69, 9.17) is 4.74 Å². The lowest BCUT2D eigenvalue weighted by Crippen LogP contribution is -2.36. The van der Waals surface area contributed by atoms with E-state index in [9.17, 15) is 4.79 Å². The molecule has 1 aliphatic rings. The average Bonchev–Trinajstić information content (AvgIpc) is 3.02. The van der Waals surface area contributed by atoms with Gasteiger partial charge in [0.1, 0.15) is 11.6 Å². The van der Waals surface area contributed by atoms with E-state index in [0.717, 1.165) is 22.2 Å². The molecule has 2 N–H and O–H groups in total. The molecule has 3 rings (SSSR count). The summed E-state index contributed by atoms with van der Waals surface area (Å²) in [5.41, 5.74) is 1.72. The molecule has 0 radical (unpaired) electrons. The summed E-state index contributed by atoms with van der Waals surface area (Å²) in [6.45, 7) is 10.3. The number of ether oxygens (including phenoxy) is 1. The van der Waals surface area contributed by atoms with Crippen molar-refractivity contribution in [3.63, 3.8) is 0 Å². The van der Waals surface area contributed by atoms with Crippen molar-refractivity contribution in [3.05, 3.63) is 29.6 Å². The predicted molar refractivity (Wildman–Crippen MR) is 100 cm³/mol. The van der Waals surface area contributed by atoms with Crippen LogP contribution in [0.2, 0.25) is 0 Å². The number of nitrogens with zero attached hydrogens (tertiary/aromatic N) is 2. The van der Waals surface area contributed by atoms with Crippen LogP contribution in [0.15, 0.2) is 18.2 Å². The third-order valence-electron chi connectivity index (χ3n) is 4.13. The molecule has 0 spiro atoms. The van der Waals surface area contributed by atoms with E-state index >= 15 is 0 Å². The minimum atomic E-state index is -0.427. The third-order valence-corrected chi connectivity index (χ3v) is 4.78. The summed E-state index contributed by atoms with van der Waals surface area (Å²) < 4.78 is 10.2. The molecule has 0 bridgehead atoms. The Labute approximate surface area is 152 Å². The number of fused-ring (bicyclic) bond motifs is 1. The fourth-order valence-corrected chi connectivity index (χ4v) is 3.40. The fourth-order valence-electron chi connectivity index (χ4n) is 2.55. The predicted octanol–water partition coefficient (Wildman–Crippen LogP) is 4.12. The number of amides is 1. The molecule has 134 valence electrons. The molecule has 25 heavy (non-hydrogen) atoms. The molecule has 0 saturated heterocycles. The highest BCUT2D eigenvalue weighted by atomic mass is 32.1. The molecule has 2 unspecified atom stereocenters. The summed E-state index contributed by atoms with van der Waals surface area (Å²) in [6, 6.07) is 5.89. The van der Waals surface area contributed by atoms with Gasteiger partial charge in [0, 0.05) is 16.9 Å². The summed E-state index contributed by atoms with van der Waals surface area (Å²) in [7, 11) is 0. The number of nitrogens with one attached hydrogen (secondary N) is 2. The third kappa shape index (κ3) is 3.76. The van der Waals surface area contributed by atoms with Crippen molar-refractivity contribution >= 4 is 28.3 Å². The van der Waals surface area contributed by atoms with Crippen LogP contribution < -0.4 is 15.4 Å². The first-order valence-corrected chi connectivity index (χ1v) is 9.27. The second kappa shape index (κ2) is 6.63. The quantitative estimate of drug-likeness (QED) is 0.858. The van der Waals surface area contributed by atoms with Crippen molar-refractivity contribution < 1.29 is 9.53 Å². The number of hydrogen-bond acceptors (Lipinski definition) is 6. The monoisotopic (exact) mass is 360 g/mol. The number of hydrogen-bond donors (Lipinski definition) is 2. The highest BCUT2D eigenvalue weighted by Gasteiger charge is 2.26. The Kier molecular flexibility index (Phi) is 4.69. The molecule has 1 aliphatic heterocycles. The van der Waals surface area contributed by atoms with E-state index in [2.05, 4.69) is 47.7 Å². The molecule has 0 fully saturated rings. The maximum atomic E-state index is 11.9. The van der Waals surface area contributed by atoms with Crippen LogP contribution in [0.25, 0.3) is 0 Å². The van der Waals surface area contributed by atoms with Gasteiger partial charge in [-0.15, -0.1) is 0 Å². The smallest absolute Gasteiger partial charge is 0.265 e. The van der Waals surface area contributed by atoms with Crippen molar-refractivity contribution in [1.29, 1.82) is 0 Å². The minimum Gasteiger partial charge on any atom is -0.478 e. The van der Waals surface area contributed by atoms with E-state index in [1.54, 1.807) is 0 Å². The van der Waals surface area contributed by atoms with Gasteiger partial charge >= 0.3 is 0 Å². The average molecular weight is 360 g/mol. The maximum absolute atomic E-state index is 11.9. The summed E-state index contributed by atoms with van der Waals surface area (Å²) in [6.07, 6.45) is 0.215. The summed E-state index contributed by atoms with van der Waals surface area (Å²) in [5, 5.41) is 7.09. The lowest BCUT2D eigenvalue weighted by Gasteiger charge is -2.26. The first-order chi connectivity index (χ1) is 11.8. The molecule has 2 heterocycles. The first kappa shape index (κ1) is 17.7. The molecule has 0 saturated carbocycles. The van der Waals surface area contributed by atoms with E-state index in [1.165, 1.54) is 11.5 Å². The lowest BCUT2D eigenvalue weighted by molar-refractivity contribution is -0.123. The summed E-state index contributed by atoms with van der Waals surface area (Å²) in [4.78, 5) is 16.4. The van der Waals surface area contributed by atoms with Crippen LogP contribution in [-0.2, 0) is 10.2 Å². The SMILES string of the molecule is CCC1Oc2cc(C(C)Nc3nc(C(C)(C)C)ns3)ccc2NC1=O. The normalized spacial score (nSPS) is 18.1. The highest BCUT2D eigenvalue weighted by Crippen LogP contribution is 2.34. The van der Waals surface area contributed by atoms with E-state index in [0.29, 0.717) is 12.2 Å². The van der Waals surface area contributed by atoms with Crippen LogP contribution in [0.4, 0.5) is 10.8 Å². The Bertz CT molecular complexity index is 782. The molecule has 6 nitrogen and oxygen atoms in total. The van der Waals surface area contributed by atoms with E-state index < -0.39 is 6.10 Å². The topological polar surface area (TPSA) is 76.1 Å². The van der Waals surface area contributed by atoms with Crippen molar-refractivity contribution in [3.8, 4) is 5.75 Å². The highest BCUT2D eigenvalue weighted by molar-refractivity contribution is 7.09. The second-order valence-electron chi connectivity index (χ2n) is 7.30. The number of aromatic nitrogens is 2. The largest absolute Gasteiger partial charge is 0.478 e. The van der Waals surface area contributed by atoms with Crippen LogP contribution in [-0.4, -0.2) is 21.4 Å². The number of carbonyl (C=O) groups is 1. The lowest BCUT2D eigenvalue weighted by atomic mass is 9.96. The number of rotatable bonds is 4. The van der Waals surface area contributed by atoms with Gasteiger partial charge in [-0.3, -0.25) is 4.79 Å². The first-order valence-electron chi connectivity index (χ1n) is 8.50. The van der Waals surface area contributed by atoms with E-state index in [1.807, 2.05) is 25.1 Å². The zero-order valence-corrected chi connectivity index (χ0v) is 16.0. The maximum Gasteiger partial charge on any atom is 0.265 e. The van der Waals surface area contributed by atoms with Gasteiger partial charge in [-0.1, -0.05) is 33.8 Å². The van der Waals surface area contributed by atoms with Crippen LogP contribution in [0.3, 0.4) is 0 Å². The van der Waals surface area contributed by atoms with E-state index in [-0.39, 0.29) is 17.4 Å². The van der Waals surface area contributed by atoms with Crippen molar-refractivity contribution in [2.75, 3.05) is 10.6 Å². The van der Waals surface area contributed by atoms with Crippen molar-refractivity contribution in [1.82, 2.24) is 9.36 Å². The van der Waals surface area contributed by atoms with Crippen molar-refractivity contribution in [2.45, 2.75) is 58.6 Å². The Morgan fingerprint density at radius 3 is 2.80 bits per heavy atom. The second-order valence-corrected chi connectivity index (χ2v) is 8.05. The minimum absolute atomic E-state index is 0.0485. The number of carbonyl (C=O) groups excluding carboxylic acids is 1. The Hall–Kier alpha value is -2.15. The standard InChI is InChI=1S/C18H24N4O2S/c1-6-13-15(23)20-12-8-7-11(9-14(12)24-13)10(2)19-17-21-16(22-25-17)18(3,4)5/h7-10,13H,6H2,1-5H3,(H,20,23)(H,19,21,22). The Morgan fingerprint density at radius 2 is 2.16 bits per heavy atom. The van der Waals surface area contributed by atoms with Crippen molar-refractivity contribution in [2.24, 2.45) is 0 Å². The Balaban J connectivity index is 1.76.